The van der Waals surface area contributed by atoms with E-state index in [9.17, 15) is 0 Å². The van der Waals surface area contributed by atoms with Gasteiger partial charge >= 0.3 is 0 Å². The van der Waals surface area contributed by atoms with Crippen molar-refractivity contribution >= 4 is 23.0 Å². The zero-order chi connectivity index (χ0) is 14.8. The number of hydrogen-bond donors (Lipinski definition) is 2. The smallest absolute Gasteiger partial charge is 0.136 e. The number of aromatic nitrogens is 1. The molecule has 1 aliphatic rings. The van der Waals surface area contributed by atoms with E-state index in [0.29, 0.717) is 10.4 Å². The minimum Gasteiger partial charge on any atom is -0.389 e. The van der Waals surface area contributed by atoms with Crippen LogP contribution in [0.4, 0.5) is 5.82 Å². The van der Waals surface area contributed by atoms with E-state index in [4.69, 9.17) is 18.0 Å². The molecule has 0 bridgehead atoms. The lowest BCUT2D eigenvalue weighted by atomic mass is 9.80. The van der Waals surface area contributed by atoms with E-state index in [1.807, 2.05) is 19.1 Å². The van der Waals surface area contributed by atoms with E-state index < -0.39 is 0 Å². The van der Waals surface area contributed by atoms with Gasteiger partial charge in [0.2, 0.25) is 0 Å². The first-order valence-corrected chi connectivity index (χ1v) is 7.50. The first kappa shape index (κ1) is 15.2. The molecule has 0 amide bonds. The van der Waals surface area contributed by atoms with Crippen molar-refractivity contribution in [3.63, 3.8) is 0 Å². The zero-order valence-electron chi connectivity index (χ0n) is 12.6. The second-order valence-corrected chi connectivity index (χ2v) is 6.62. The predicted molar refractivity (Wildman–Crippen MR) is 88.2 cm³/mol. The van der Waals surface area contributed by atoms with Gasteiger partial charge in [-0.25, -0.2) is 4.98 Å². The fourth-order valence-corrected chi connectivity index (χ4v) is 2.69. The second-order valence-electron chi connectivity index (χ2n) is 6.18. The van der Waals surface area contributed by atoms with Gasteiger partial charge < -0.3 is 16.0 Å². The Bertz CT molecular complexity index is 493. The fraction of sp³-hybridized carbons (Fsp3) is 0.600. The summed E-state index contributed by atoms with van der Waals surface area (Å²) >= 11 is 5.10. The van der Waals surface area contributed by atoms with Gasteiger partial charge in [-0.2, -0.15) is 0 Å². The molecule has 0 aromatic carbocycles. The highest BCUT2D eigenvalue weighted by Gasteiger charge is 2.28. The Labute approximate surface area is 126 Å². The summed E-state index contributed by atoms with van der Waals surface area (Å²) in [6.45, 7) is 7.53. The summed E-state index contributed by atoms with van der Waals surface area (Å²) in [5.74, 6) is 0.817. The van der Waals surface area contributed by atoms with Gasteiger partial charge in [0.25, 0.3) is 0 Å². The Hall–Kier alpha value is -1.20. The van der Waals surface area contributed by atoms with Gasteiger partial charge in [-0.3, -0.25) is 0 Å². The van der Waals surface area contributed by atoms with Gasteiger partial charge in [0.1, 0.15) is 10.8 Å². The van der Waals surface area contributed by atoms with Crippen molar-refractivity contribution in [1.82, 2.24) is 9.88 Å². The molecule has 4 nitrogen and oxygen atoms in total. The third-order valence-electron chi connectivity index (χ3n) is 4.18. The molecule has 0 spiro atoms. The van der Waals surface area contributed by atoms with Crippen molar-refractivity contribution in [3.8, 4) is 0 Å². The van der Waals surface area contributed by atoms with Crippen LogP contribution in [0.5, 0.6) is 0 Å². The van der Waals surface area contributed by atoms with Crippen molar-refractivity contribution in [3.05, 3.63) is 23.4 Å². The predicted octanol–water partition coefficient (Wildman–Crippen LogP) is 2.17. The highest BCUT2D eigenvalue weighted by Crippen LogP contribution is 2.30. The summed E-state index contributed by atoms with van der Waals surface area (Å²) in [6.07, 6.45) is 2.40. The highest BCUT2D eigenvalue weighted by molar-refractivity contribution is 7.80. The third-order valence-corrected chi connectivity index (χ3v) is 4.40. The molecule has 0 atom stereocenters. The average Bonchev–Trinajstić information content (AvgIpc) is 2.40. The largest absolute Gasteiger partial charge is 0.389 e. The van der Waals surface area contributed by atoms with Crippen molar-refractivity contribution in [2.45, 2.75) is 26.7 Å². The second kappa shape index (κ2) is 6.06. The van der Waals surface area contributed by atoms with Crippen LogP contribution in [0.25, 0.3) is 0 Å². The van der Waals surface area contributed by atoms with E-state index >= 15 is 0 Å². The van der Waals surface area contributed by atoms with Crippen LogP contribution in [0, 0.1) is 12.3 Å². The first-order chi connectivity index (χ1) is 9.39. The van der Waals surface area contributed by atoms with E-state index in [1.54, 1.807) is 0 Å². The lowest BCUT2D eigenvalue weighted by molar-refractivity contribution is 0.150. The van der Waals surface area contributed by atoms with Crippen LogP contribution in [-0.4, -0.2) is 41.6 Å². The van der Waals surface area contributed by atoms with Crippen LogP contribution in [-0.2, 0) is 0 Å². The van der Waals surface area contributed by atoms with Gasteiger partial charge in [-0.15, -0.1) is 0 Å². The molecule has 3 N–H and O–H groups in total. The minimum atomic E-state index is 0.311. The molecule has 5 heteroatoms. The molecular formula is C15H24N4S. The number of nitrogens with two attached hydrogens (primary N) is 1. The first-order valence-electron chi connectivity index (χ1n) is 7.09. The van der Waals surface area contributed by atoms with Crippen molar-refractivity contribution < 1.29 is 0 Å². The van der Waals surface area contributed by atoms with Gasteiger partial charge in [0.15, 0.2) is 0 Å². The molecule has 1 saturated heterocycles. The summed E-state index contributed by atoms with van der Waals surface area (Å²) in [5, 5.41) is 3.46. The monoisotopic (exact) mass is 292 g/mol. The normalized spacial score (nSPS) is 18.8. The van der Waals surface area contributed by atoms with Crippen LogP contribution in [0.2, 0.25) is 0 Å². The van der Waals surface area contributed by atoms with Crippen LogP contribution < -0.4 is 11.1 Å². The molecule has 0 unspecified atom stereocenters. The number of hydrogen-bond acceptors (Lipinski definition) is 4. The molecule has 0 saturated carbocycles. The molecule has 1 fully saturated rings. The Balaban J connectivity index is 2.07. The van der Waals surface area contributed by atoms with Gasteiger partial charge in [-0.1, -0.05) is 19.1 Å². The van der Waals surface area contributed by atoms with Crippen LogP contribution in [0.3, 0.4) is 0 Å². The van der Waals surface area contributed by atoms with Crippen LogP contribution >= 0.6 is 12.2 Å². The summed E-state index contributed by atoms with van der Waals surface area (Å²) in [7, 11) is 2.18. The number of anilines is 1. The number of nitrogens with zero attached hydrogens (tertiary/aromatic N) is 2. The number of aryl methyl sites for hydroxylation is 1. The molecule has 1 aliphatic heterocycles. The quantitative estimate of drug-likeness (QED) is 0.833. The Morgan fingerprint density at radius 3 is 2.70 bits per heavy atom. The molecule has 2 heterocycles. The van der Waals surface area contributed by atoms with E-state index in [-0.39, 0.29) is 0 Å². The molecule has 1 aromatic rings. The molecular weight excluding hydrogens is 268 g/mol. The van der Waals surface area contributed by atoms with Gasteiger partial charge in [0.05, 0.1) is 5.56 Å². The Kier molecular flexibility index (Phi) is 4.60. The number of pyridine rings is 1. The lowest BCUT2D eigenvalue weighted by Crippen LogP contribution is -2.40. The summed E-state index contributed by atoms with van der Waals surface area (Å²) in [4.78, 5) is 7.31. The third kappa shape index (κ3) is 3.67. The van der Waals surface area contributed by atoms with Crippen molar-refractivity contribution in [1.29, 1.82) is 0 Å². The molecule has 1 aromatic heterocycles. The molecule has 0 aliphatic carbocycles. The van der Waals surface area contributed by atoms with Crippen LogP contribution in [0.1, 0.15) is 31.0 Å². The average molecular weight is 292 g/mol. The Morgan fingerprint density at radius 2 is 2.10 bits per heavy atom. The number of thiocarbonyl (C=S) groups is 1. The summed E-state index contributed by atoms with van der Waals surface area (Å²) < 4.78 is 0. The Morgan fingerprint density at radius 1 is 1.45 bits per heavy atom. The molecule has 2 rings (SSSR count). The maximum Gasteiger partial charge on any atom is 0.136 e. The van der Waals surface area contributed by atoms with Crippen molar-refractivity contribution in [2.75, 3.05) is 32.0 Å². The molecule has 110 valence electrons. The maximum absolute atomic E-state index is 5.77. The lowest BCUT2D eigenvalue weighted by Gasteiger charge is -2.38. The summed E-state index contributed by atoms with van der Waals surface area (Å²) in [6, 6.07) is 3.89. The molecule has 0 radical (unpaired) electrons. The minimum absolute atomic E-state index is 0.311. The number of piperidine rings is 1. The number of rotatable bonds is 4. The number of nitrogens with one attached hydrogen (secondary N) is 1. The van der Waals surface area contributed by atoms with Gasteiger partial charge in [-0.05, 0) is 57.5 Å². The fourth-order valence-electron chi connectivity index (χ4n) is 2.52. The van der Waals surface area contributed by atoms with E-state index in [2.05, 4.69) is 29.2 Å². The standard InChI is InChI=1S/C15H24N4S/c1-11-4-5-12(13(16)20)14(18-11)17-10-15(2)6-8-19(3)9-7-15/h4-5H,6-10H2,1-3H3,(H2,16,20)(H,17,18). The number of likely N-dealkylation sites (tertiary alicyclic amines) is 1. The van der Waals surface area contributed by atoms with Crippen molar-refractivity contribution in [2.24, 2.45) is 11.1 Å². The highest BCUT2D eigenvalue weighted by atomic mass is 32.1. The van der Waals surface area contributed by atoms with E-state index in [0.717, 1.165) is 36.7 Å². The summed E-state index contributed by atoms with van der Waals surface area (Å²) in [5.41, 5.74) is 7.89. The van der Waals surface area contributed by atoms with Gasteiger partial charge in [0, 0.05) is 12.2 Å². The zero-order valence-corrected chi connectivity index (χ0v) is 13.4. The topological polar surface area (TPSA) is 54.2 Å². The van der Waals surface area contributed by atoms with E-state index in [1.165, 1.54) is 12.8 Å². The SMILES string of the molecule is Cc1ccc(C(N)=S)c(NCC2(C)CCN(C)CC2)n1. The van der Waals surface area contributed by atoms with Crippen LogP contribution in [0.15, 0.2) is 12.1 Å². The maximum atomic E-state index is 5.77. The molecule has 20 heavy (non-hydrogen) atoms.